The summed E-state index contributed by atoms with van der Waals surface area (Å²) in [5.41, 5.74) is 1.69. The Balaban J connectivity index is 1.97. The zero-order chi connectivity index (χ0) is 15.7. The van der Waals surface area contributed by atoms with Crippen molar-refractivity contribution in [3.8, 4) is 6.07 Å². The van der Waals surface area contributed by atoms with Gasteiger partial charge in [0, 0.05) is 18.5 Å². The van der Waals surface area contributed by atoms with Gasteiger partial charge in [0.2, 0.25) is 0 Å². The summed E-state index contributed by atoms with van der Waals surface area (Å²) in [5, 5.41) is 19.3. The predicted molar refractivity (Wildman–Crippen MR) is 84.4 cm³/mol. The number of hydrogen-bond donors (Lipinski definition) is 1. The molecule has 22 heavy (non-hydrogen) atoms. The second-order valence-corrected chi connectivity index (χ2v) is 6.44. The van der Waals surface area contributed by atoms with Crippen molar-refractivity contribution in [2.24, 2.45) is 5.92 Å². The van der Waals surface area contributed by atoms with Crippen LogP contribution >= 0.6 is 11.6 Å². The number of halogens is 1. The molecule has 116 valence electrons. The Bertz CT molecular complexity index is 711. The molecule has 0 saturated heterocycles. The van der Waals surface area contributed by atoms with Gasteiger partial charge in [-0.05, 0) is 38.5 Å². The number of fused-ring (bicyclic) bond motifs is 1. The number of hydrogen-bond acceptors (Lipinski definition) is 4. The number of rotatable bonds is 3. The van der Waals surface area contributed by atoms with Gasteiger partial charge in [0.15, 0.2) is 0 Å². The van der Waals surface area contributed by atoms with Crippen LogP contribution in [0.2, 0.25) is 5.15 Å². The van der Waals surface area contributed by atoms with Crippen molar-refractivity contribution < 1.29 is 5.11 Å². The molecule has 2 aromatic rings. The van der Waals surface area contributed by atoms with Crippen LogP contribution in [0.3, 0.4) is 0 Å². The van der Waals surface area contributed by atoms with E-state index in [9.17, 15) is 5.11 Å². The highest BCUT2D eigenvalue weighted by Gasteiger charge is 2.27. The fourth-order valence-electron chi connectivity index (χ4n) is 3.41. The fraction of sp³-hybridized carbons (Fsp3) is 0.562. The van der Waals surface area contributed by atoms with Crippen molar-refractivity contribution in [1.82, 2.24) is 14.5 Å². The van der Waals surface area contributed by atoms with Gasteiger partial charge in [-0.1, -0.05) is 11.6 Å². The van der Waals surface area contributed by atoms with Crippen molar-refractivity contribution in [1.29, 1.82) is 5.26 Å². The minimum atomic E-state index is -0.636. The molecule has 3 rings (SSSR count). The molecule has 1 N–H and O–H groups in total. The van der Waals surface area contributed by atoms with E-state index in [1.165, 1.54) is 0 Å². The maximum Gasteiger partial charge on any atom is 0.138 e. The maximum absolute atomic E-state index is 10.1. The zero-order valence-electron chi connectivity index (χ0n) is 12.5. The van der Waals surface area contributed by atoms with Crippen LogP contribution in [-0.4, -0.2) is 19.6 Å². The van der Waals surface area contributed by atoms with Gasteiger partial charge in [-0.2, -0.15) is 5.26 Å². The lowest BCUT2D eigenvalue weighted by Gasteiger charge is -2.30. The molecule has 5 nitrogen and oxygen atoms in total. The molecule has 1 atom stereocenters. The molecular formula is C16H19ClN4O. The summed E-state index contributed by atoms with van der Waals surface area (Å²) in [6.07, 6.45) is 5.72. The Morgan fingerprint density at radius 2 is 2.18 bits per heavy atom. The van der Waals surface area contributed by atoms with E-state index in [2.05, 4.69) is 20.6 Å². The maximum atomic E-state index is 10.1. The molecule has 0 aromatic carbocycles. The van der Waals surface area contributed by atoms with E-state index >= 15 is 0 Å². The Hall–Kier alpha value is -1.64. The molecular weight excluding hydrogens is 300 g/mol. The molecule has 0 bridgehead atoms. The quantitative estimate of drug-likeness (QED) is 0.874. The summed E-state index contributed by atoms with van der Waals surface area (Å²) in [7, 11) is 0. The third-order valence-corrected chi connectivity index (χ3v) is 4.71. The average Bonchev–Trinajstić information content (AvgIpc) is 2.87. The molecule has 1 unspecified atom stereocenters. The molecule has 2 aromatic heterocycles. The number of aliphatic hydroxyl groups is 1. The monoisotopic (exact) mass is 318 g/mol. The van der Waals surface area contributed by atoms with Gasteiger partial charge >= 0.3 is 0 Å². The lowest BCUT2D eigenvalue weighted by Crippen LogP contribution is -2.20. The van der Waals surface area contributed by atoms with Gasteiger partial charge in [0.25, 0.3) is 0 Å². The van der Waals surface area contributed by atoms with E-state index in [1.54, 1.807) is 13.1 Å². The average molecular weight is 319 g/mol. The number of nitriles is 1. The van der Waals surface area contributed by atoms with Crippen LogP contribution in [0.15, 0.2) is 12.3 Å². The van der Waals surface area contributed by atoms with Crippen LogP contribution in [0.25, 0.3) is 11.0 Å². The first-order chi connectivity index (χ1) is 10.6. The van der Waals surface area contributed by atoms with Gasteiger partial charge in [-0.15, -0.1) is 0 Å². The molecule has 0 amide bonds. The molecule has 2 heterocycles. The molecule has 1 aliphatic rings. The standard InChI is InChI=1S/C16H19ClN4O/c1-10(22)16-20-13-9-19-15(17)8-14(13)21(16)12-4-2-11(3-5-12)6-7-18/h8-12,22H,2-6H2,1H3/t10?,11-,12-. The van der Waals surface area contributed by atoms with Crippen molar-refractivity contribution in [3.63, 3.8) is 0 Å². The lowest BCUT2D eigenvalue weighted by atomic mass is 9.84. The Morgan fingerprint density at radius 1 is 1.45 bits per heavy atom. The largest absolute Gasteiger partial charge is 0.385 e. The first kappa shape index (κ1) is 15.3. The molecule has 6 heteroatoms. The highest BCUT2D eigenvalue weighted by molar-refractivity contribution is 6.29. The summed E-state index contributed by atoms with van der Waals surface area (Å²) < 4.78 is 2.12. The highest BCUT2D eigenvalue weighted by atomic mass is 35.5. The van der Waals surface area contributed by atoms with Crippen LogP contribution in [-0.2, 0) is 0 Å². The second kappa shape index (κ2) is 6.23. The normalized spacial score (nSPS) is 23.4. The van der Waals surface area contributed by atoms with Crippen molar-refractivity contribution in [2.45, 2.75) is 51.2 Å². The van der Waals surface area contributed by atoms with E-state index < -0.39 is 6.10 Å². The van der Waals surface area contributed by atoms with E-state index in [1.807, 2.05) is 6.07 Å². The Kier molecular flexibility index (Phi) is 4.32. The lowest BCUT2D eigenvalue weighted by molar-refractivity contribution is 0.175. The van der Waals surface area contributed by atoms with Gasteiger partial charge in [-0.3, -0.25) is 0 Å². The molecule has 0 radical (unpaired) electrons. The zero-order valence-corrected chi connectivity index (χ0v) is 13.3. The number of imidazole rings is 1. The molecule has 1 fully saturated rings. The molecule has 0 spiro atoms. The minimum Gasteiger partial charge on any atom is -0.385 e. The van der Waals surface area contributed by atoms with E-state index in [4.69, 9.17) is 16.9 Å². The molecule has 1 aliphatic carbocycles. The number of nitrogens with zero attached hydrogens (tertiary/aromatic N) is 4. The van der Waals surface area contributed by atoms with Crippen LogP contribution in [0, 0.1) is 17.2 Å². The molecule has 0 aliphatic heterocycles. The van der Waals surface area contributed by atoms with Crippen LogP contribution < -0.4 is 0 Å². The Labute approximate surface area is 134 Å². The number of pyridine rings is 1. The summed E-state index contributed by atoms with van der Waals surface area (Å²) in [5.74, 6) is 1.17. The van der Waals surface area contributed by atoms with Gasteiger partial charge in [-0.25, -0.2) is 9.97 Å². The minimum absolute atomic E-state index is 0.294. The van der Waals surface area contributed by atoms with Crippen LogP contribution in [0.4, 0.5) is 0 Å². The summed E-state index contributed by atoms with van der Waals surface area (Å²) in [4.78, 5) is 8.60. The smallest absolute Gasteiger partial charge is 0.138 e. The first-order valence-corrected chi connectivity index (χ1v) is 8.06. The number of aromatic nitrogens is 3. The van der Waals surface area contributed by atoms with E-state index in [0.717, 1.165) is 36.7 Å². The van der Waals surface area contributed by atoms with Crippen LogP contribution in [0.1, 0.15) is 57.0 Å². The predicted octanol–water partition coefficient (Wildman–Crippen LogP) is 3.78. The second-order valence-electron chi connectivity index (χ2n) is 6.05. The van der Waals surface area contributed by atoms with Gasteiger partial charge < -0.3 is 9.67 Å². The highest BCUT2D eigenvalue weighted by Crippen LogP contribution is 2.37. The fourth-order valence-corrected chi connectivity index (χ4v) is 3.56. The molecule has 1 saturated carbocycles. The third kappa shape index (κ3) is 2.81. The van der Waals surface area contributed by atoms with Crippen molar-refractivity contribution >= 4 is 22.6 Å². The Morgan fingerprint density at radius 3 is 2.82 bits per heavy atom. The van der Waals surface area contributed by atoms with Crippen LogP contribution in [0.5, 0.6) is 0 Å². The van der Waals surface area contributed by atoms with E-state index in [0.29, 0.717) is 29.4 Å². The van der Waals surface area contributed by atoms with Gasteiger partial charge in [0.05, 0.1) is 17.8 Å². The SMILES string of the molecule is CC(O)c1nc2cnc(Cl)cc2n1[C@H]1CC[C@H](CC#N)CC1. The van der Waals surface area contributed by atoms with Crippen molar-refractivity contribution in [2.75, 3.05) is 0 Å². The van der Waals surface area contributed by atoms with Gasteiger partial charge in [0.1, 0.15) is 22.6 Å². The topological polar surface area (TPSA) is 74.7 Å². The van der Waals surface area contributed by atoms with Crippen molar-refractivity contribution in [3.05, 3.63) is 23.2 Å². The third-order valence-electron chi connectivity index (χ3n) is 4.50. The van der Waals surface area contributed by atoms with E-state index in [-0.39, 0.29) is 0 Å². The summed E-state index contributed by atoms with van der Waals surface area (Å²) >= 11 is 6.03. The summed E-state index contributed by atoms with van der Waals surface area (Å²) in [6, 6.07) is 4.38. The summed E-state index contributed by atoms with van der Waals surface area (Å²) in [6.45, 7) is 1.73. The number of aliphatic hydroxyl groups excluding tert-OH is 1. The first-order valence-electron chi connectivity index (χ1n) is 7.68.